The van der Waals surface area contributed by atoms with Crippen molar-refractivity contribution >= 4 is 18.3 Å². The van der Waals surface area contributed by atoms with Gasteiger partial charge in [0.05, 0.1) is 17.4 Å². The minimum Gasteiger partial charge on any atom is -0.337 e. The third-order valence-corrected chi connectivity index (χ3v) is 4.75. The number of halogens is 4. The summed E-state index contributed by atoms with van der Waals surface area (Å²) < 4.78 is 40.5. The molecule has 1 aliphatic rings. The highest BCUT2D eigenvalue weighted by Gasteiger charge is 2.34. The van der Waals surface area contributed by atoms with E-state index in [2.05, 4.69) is 22.6 Å². The molecule has 1 aliphatic heterocycles. The molecule has 6 nitrogen and oxygen atoms in total. The van der Waals surface area contributed by atoms with Gasteiger partial charge in [-0.1, -0.05) is 24.3 Å². The quantitative estimate of drug-likeness (QED) is 0.811. The third-order valence-electron chi connectivity index (χ3n) is 4.75. The maximum Gasteiger partial charge on any atom is 0.418 e. The molecule has 1 N–H and O–H groups in total. The molecule has 0 radical (unpaired) electrons. The highest BCUT2D eigenvalue weighted by atomic mass is 35.5. The number of para-hydroxylation sites is 1. The summed E-state index contributed by atoms with van der Waals surface area (Å²) in [6.45, 7) is 5.13. The molecule has 1 fully saturated rings. The largest absolute Gasteiger partial charge is 0.418 e. The number of carbonyl (C=O) groups excluding carboxylic acids is 1. The molecule has 154 valence electrons. The summed E-state index contributed by atoms with van der Waals surface area (Å²) in [5.74, 6) is 0.232. The van der Waals surface area contributed by atoms with Crippen molar-refractivity contribution in [3.8, 4) is 5.69 Å². The Morgan fingerprint density at radius 3 is 2.57 bits per heavy atom. The van der Waals surface area contributed by atoms with Crippen LogP contribution in [-0.2, 0) is 6.18 Å². The van der Waals surface area contributed by atoms with E-state index >= 15 is 0 Å². The van der Waals surface area contributed by atoms with Crippen LogP contribution in [0.4, 0.5) is 13.2 Å². The SMILES string of the molecule is CCNCC1CCN(C(=O)c2cn(-c3ccccc3C(F)(F)F)nn2)CC1.Cl. The zero-order chi connectivity index (χ0) is 19.4. The summed E-state index contributed by atoms with van der Waals surface area (Å²) in [4.78, 5) is 14.3. The number of rotatable bonds is 5. The van der Waals surface area contributed by atoms with Gasteiger partial charge in [-0.3, -0.25) is 4.79 Å². The first kappa shape index (κ1) is 22.2. The molecule has 2 heterocycles. The van der Waals surface area contributed by atoms with E-state index in [0.29, 0.717) is 19.0 Å². The fourth-order valence-electron chi connectivity index (χ4n) is 3.24. The molecule has 10 heteroatoms. The molecule has 2 aromatic rings. The van der Waals surface area contributed by atoms with Gasteiger partial charge in [0.2, 0.25) is 0 Å². The van der Waals surface area contributed by atoms with E-state index in [0.717, 1.165) is 36.7 Å². The summed E-state index contributed by atoms with van der Waals surface area (Å²) in [6, 6.07) is 5.08. The van der Waals surface area contributed by atoms with Gasteiger partial charge < -0.3 is 10.2 Å². The van der Waals surface area contributed by atoms with Crippen molar-refractivity contribution in [3.63, 3.8) is 0 Å². The standard InChI is InChI=1S/C18H22F3N5O.ClH/c1-2-22-11-13-7-9-25(10-8-13)17(27)15-12-26(24-23-15)16-6-4-3-5-14(16)18(19,20)21;/h3-6,12-13,22H,2,7-11H2,1H3;1H. The van der Waals surface area contributed by atoms with E-state index in [9.17, 15) is 18.0 Å². The minimum absolute atomic E-state index is 0. The van der Waals surface area contributed by atoms with Crippen LogP contribution in [0.15, 0.2) is 30.5 Å². The molecule has 28 heavy (non-hydrogen) atoms. The maximum absolute atomic E-state index is 13.2. The number of likely N-dealkylation sites (tertiary alicyclic amines) is 1. The van der Waals surface area contributed by atoms with E-state index in [1.54, 1.807) is 4.90 Å². The number of amides is 1. The number of alkyl halides is 3. The Balaban J connectivity index is 0.00000280. The van der Waals surface area contributed by atoms with E-state index in [1.807, 2.05) is 0 Å². The van der Waals surface area contributed by atoms with Gasteiger partial charge in [0, 0.05) is 13.1 Å². The lowest BCUT2D eigenvalue weighted by molar-refractivity contribution is -0.137. The number of piperidine rings is 1. The monoisotopic (exact) mass is 417 g/mol. The van der Waals surface area contributed by atoms with Gasteiger partial charge in [0.1, 0.15) is 0 Å². The normalized spacial score (nSPS) is 15.4. The average molecular weight is 418 g/mol. The molecule has 3 rings (SSSR count). The Labute approximate surface area is 167 Å². The van der Waals surface area contributed by atoms with Crippen molar-refractivity contribution in [2.45, 2.75) is 25.9 Å². The molecular weight excluding hydrogens is 395 g/mol. The van der Waals surface area contributed by atoms with Crippen molar-refractivity contribution in [2.24, 2.45) is 5.92 Å². The smallest absolute Gasteiger partial charge is 0.337 e. The molecule has 0 saturated carbocycles. The Hall–Kier alpha value is -2.13. The van der Waals surface area contributed by atoms with Crippen molar-refractivity contribution in [3.05, 3.63) is 41.7 Å². The van der Waals surface area contributed by atoms with E-state index in [4.69, 9.17) is 0 Å². The predicted octanol–water partition coefficient (Wildman–Crippen LogP) is 3.17. The second-order valence-corrected chi connectivity index (χ2v) is 6.61. The summed E-state index contributed by atoms with van der Waals surface area (Å²) in [5, 5.41) is 10.9. The number of nitrogens with one attached hydrogen (secondary N) is 1. The number of nitrogens with zero attached hydrogens (tertiary/aromatic N) is 4. The van der Waals surface area contributed by atoms with Gasteiger partial charge in [-0.25, -0.2) is 4.68 Å². The number of aromatic nitrogens is 3. The Morgan fingerprint density at radius 2 is 1.93 bits per heavy atom. The molecule has 1 aromatic heterocycles. The average Bonchev–Trinajstić information content (AvgIpc) is 3.15. The second kappa shape index (κ2) is 9.38. The van der Waals surface area contributed by atoms with Crippen molar-refractivity contribution in [1.82, 2.24) is 25.2 Å². The molecule has 1 aromatic carbocycles. The Kier molecular flexibility index (Phi) is 7.42. The minimum atomic E-state index is -4.51. The van der Waals surface area contributed by atoms with Crippen LogP contribution in [0.2, 0.25) is 0 Å². The van der Waals surface area contributed by atoms with E-state index in [1.165, 1.54) is 24.4 Å². The topological polar surface area (TPSA) is 63.1 Å². The van der Waals surface area contributed by atoms with Crippen LogP contribution >= 0.6 is 12.4 Å². The number of benzene rings is 1. The van der Waals surface area contributed by atoms with Crippen LogP contribution in [0.3, 0.4) is 0 Å². The first-order valence-corrected chi connectivity index (χ1v) is 8.99. The first-order chi connectivity index (χ1) is 12.9. The van der Waals surface area contributed by atoms with Gasteiger partial charge in [-0.15, -0.1) is 17.5 Å². The lowest BCUT2D eigenvalue weighted by atomic mass is 9.96. The van der Waals surface area contributed by atoms with Crippen LogP contribution in [0.25, 0.3) is 5.69 Å². The van der Waals surface area contributed by atoms with Crippen LogP contribution in [0.1, 0.15) is 35.8 Å². The van der Waals surface area contributed by atoms with Crippen molar-refractivity contribution < 1.29 is 18.0 Å². The molecule has 0 spiro atoms. The number of hydrogen-bond donors (Lipinski definition) is 1. The van der Waals surface area contributed by atoms with Gasteiger partial charge >= 0.3 is 6.18 Å². The van der Waals surface area contributed by atoms with Gasteiger partial charge in [0.25, 0.3) is 5.91 Å². The fraction of sp³-hybridized carbons (Fsp3) is 0.500. The van der Waals surface area contributed by atoms with Crippen LogP contribution in [-0.4, -0.2) is 52.0 Å². The van der Waals surface area contributed by atoms with E-state index in [-0.39, 0.29) is 29.7 Å². The van der Waals surface area contributed by atoms with Gasteiger partial charge in [-0.05, 0) is 44.0 Å². The van der Waals surface area contributed by atoms with Crippen molar-refractivity contribution in [1.29, 1.82) is 0 Å². The Morgan fingerprint density at radius 1 is 1.25 bits per heavy atom. The molecule has 1 saturated heterocycles. The highest BCUT2D eigenvalue weighted by Crippen LogP contribution is 2.33. The van der Waals surface area contributed by atoms with Gasteiger partial charge in [0.15, 0.2) is 5.69 Å². The molecule has 0 aliphatic carbocycles. The number of carbonyl (C=O) groups is 1. The summed E-state index contributed by atoms with van der Waals surface area (Å²) in [5.41, 5.74) is -0.920. The summed E-state index contributed by atoms with van der Waals surface area (Å²) >= 11 is 0. The predicted molar refractivity (Wildman–Crippen MR) is 101 cm³/mol. The van der Waals surface area contributed by atoms with Crippen LogP contribution < -0.4 is 5.32 Å². The molecule has 0 unspecified atom stereocenters. The van der Waals surface area contributed by atoms with Crippen LogP contribution in [0, 0.1) is 5.92 Å². The van der Waals surface area contributed by atoms with Gasteiger partial charge in [-0.2, -0.15) is 13.2 Å². The lowest BCUT2D eigenvalue weighted by Crippen LogP contribution is -2.40. The third kappa shape index (κ3) is 5.02. The second-order valence-electron chi connectivity index (χ2n) is 6.61. The van der Waals surface area contributed by atoms with Crippen molar-refractivity contribution in [2.75, 3.05) is 26.2 Å². The lowest BCUT2D eigenvalue weighted by Gasteiger charge is -2.31. The first-order valence-electron chi connectivity index (χ1n) is 8.99. The number of hydrogen-bond acceptors (Lipinski definition) is 4. The molecule has 0 atom stereocenters. The zero-order valence-corrected chi connectivity index (χ0v) is 16.3. The molecular formula is C18H23ClF3N5O. The zero-order valence-electron chi connectivity index (χ0n) is 15.4. The Bertz CT molecular complexity index is 788. The molecule has 1 amide bonds. The summed E-state index contributed by atoms with van der Waals surface area (Å²) in [6.07, 6.45) is -1.47. The summed E-state index contributed by atoms with van der Waals surface area (Å²) in [7, 11) is 0. The molecule has 0 bridgehead atoms. The maximum atomic E-state index is 13.2. The fourth-order valence-corrected chi connectivity index (χ4v) is 3.24. The van der Waals surface area contributed by atoms with Crippen LogP contribution in [0.5, 0.6) is 0 Å². The highest BCUT2D eigenvalue weighted by molar-refractivity contribution is 5.92. The van der Waals surface area contributed by atoms with E-state index < -0.39 is 11.7 Å².